The number of hydrogen-bond acceptors (Lipinski definition) is 5. The lowest BCUT2D eigenvalue weighted by atomic mass is 9.95. The Morgan fingerprint density at radius 2 is 1.68 bits per heavy atom. The van der Waals surface area contributed by atoms with Crippen molar-refractivity contribution in [3.8, 4) is 5.75 Å². The zero-order valence-electron chi connectivity index (χ0n) is 13.4. The Bertz CT molecular complexity index is 550. The molecule has 0 spiro atoms. The summed E-state index contributed by atoms with van der Waals surface area (Å²) in [5, 5.41) is 0. The molecule has 0 amide bonds. The van der Waals surface area contributed by atoms with Gasteiger partial charge in [0.1, 0.15) is 11.4 Å². The van der Waals surface area contributed by atoms with Crippen molar-refractivity contribution in [2.75, 3.05) is 14.2 Å². The molecule has 0 heterocycles. The highest BCUT2D eigenvalue weighted by Crippen LogP contribution is 2.29. The second-order valence-corrected chi connectivity index (χ2v) is 5.78. The van der Waals surface area contributed by atoms with Gasteiger partial charge in [-0.05, 0) is 32.4 Å². The van der Waals surface area contributed by atoms with Crippen LogP contribution in [0.1, 0.15) is 26.3 Å². The molecular weight excluding hydrogens is 291 g/mol. The molecule has 0 bridgehead atoms. The minimum atomic E-state index is -2.93. The molecule has 0 aliphatic carbocycles. The predicted octanol–water partition coefficient (Wildman–Crippen LogP) is 2.46. The van der Waals surface area contributed by atoms with Crippen molar-refractivity contribution in [2.45, 2.75) is 38.5 Å². The van der Waals surface area contributed by atoms with E-state index in [9.17, 15) is 9.59 Å². The molecule has 0 aliphatic heterocycles. The second kappa shape index (κ2) is 6.77. The van der Waals surface area contributed by atoms with Crippen molar-refractivity contribution < 1.29 is 28.2 Å². The van der Waals surface area contributed by atoms with E-state index in [1.807, 2.05) is 0 Å². The summed E-state index contributed by atoms with van der Waals surface area (Å²) in [5.74, 6) is -2.21. The molecule has 1 rings (SSSR count). The molecule has 1 aromatic carbocycles. The normalized spacial score (nSPS) is 13.9. The highest BCUT2D eigenvalue weighted by molar-refractivity contribution is 6.04. The van der Waals surface area contributed by atoms with Gasteiger partial charge in [0, 0.05) is 6.42 Å². The van der Waals surface area contributed by atoms with Gasteiger partial charge in [0.15, 0.2) is 0 Å². The number of hydrogen-bond donors (Lipinski definition) is 0. The maximum absolute atomic E-state index is 15.1. The maximum Gasteiger partial charge on any atom is 0.356 e. The van der Waals surface area contributed by atoms with Crippen LogP contribution in [0.4, 0.5) is 4.39 Å². The van der Waals surface area contributed by atoms with Gasteiger partial charge in [0.25, 0.3) is 0 Å². The third-order valence-electron chi connectivity index (χ3n) is 2.86. The van der Waals surface area contributed by atoms with Gasteiger partial charge in [-0.25, -0.2) is 14.0 Å². The first-order valence-corrected chi connectivity index (χ1v) is 6.76. The minimum Gasteiger partial charge on any atom is -0.496 e. The fourth-order valence-corrected chi connectivity index (χ4v) is 1.86. The van der Waals surface area contributed by atoms with Crippen LogP contribution in [0.2, 0.25) is 0 Å². The summed E-state index contributed by atoms with van der Waals surface area (Å²) in [6, 6.07) is 6.54. The van der Waals surface area contributed by atoms with E-state index in [-0.39, 0.29) is 0 Å². The summed E-state index contributed by atoms with van der Waals surface area (Å²) in [4.78, 5) is 24.0. The predicted molar refractivity (Wildman–Crippen MR) is 78.4 cm³/mol. The van der Waals surface area contributed by atoms with Crippen molar-refractivity contribution in [3.63, 3.8) is 0 Å². The number of benzene rings is 1. The summed E-state index contributed by atoms with van der Waals surface area (Å²) in [5.41, 5.74) is -3.50. The van der Waals surface area contributed by atoms with Crippen molar-refractivity contribution in [3.05, 3.63) is 29.8 Å². The largest absolute Gasteiger partial charge is 0.496 e. The Hall–Kier alpha value is -2.11. The third kappa shape index (κ3) is 4.19. The maximum atomic E-state index is 15.1. The fourth-order valence-electron chi connectivity index (χ4n) is 1.86. The Kier molecular flexibility index (Phi) is 5.52. The summed E-state index contributed by atoms with van der Waals surface area (Å²) in [6.07, 6.45) is -0.529. The van der Waals surface area contributed by atoms with E-state index >= 15 is 4.39 Å². The smallest absolute Gasteiger partial charge is 0.356 e. The molecule has 0 N–H and O–H groups in total. The first-order chi connectivity index (χ1) is 10.1. The fraction of sp³-hybridized carbons (Fsp3) is 0.500. The van der Waals surface area contributed by atoms with Crippen molar-refractivity contribution in [1.29, 1.82) is 0 Å². The number of para-hydroxylation sites is 1. The average molecular weight is 312 g/mol. The monoisotopic (exact) mass is 312 g/mol. The number of alkyl halides is 1. The number of rotatable bonds is 5. The molecule has 0 saturated carbocycles. The van der Waals surface area contributed by atoms with Gasteiger partial charge in [-0.1, -0.05) is 18.2 Å². The molecule has 5 nitrogen and oxygen atoms in total. The molecule has 0 aromatic heterocycles. The molecule has 6 heteroatoms. The third-order valence-corrected chi connectivity index (χ3v) is 2.86. The van der Waals surface area contributed by atoms with Gasteiger partial charge in [-0.2, -0.15) is 0 Å². The van der Waals surface area contributed by atoms with E-state index in [1.54, 1.807) is 45.0 Å². The molecule has 0 radical (unpaired) electrons. The van der Waals surface area contributed by atoms with Crippen LogP contribution in [-0.4, -0.2) is 37.4 Å². The molecule has 122 valence electrons. The summed E-state index contributed by atoms with van der Waals surface area (Å²) < 4.78 is 29.7. The lowest BCUT2D eigenvalue weighted by molar-refractivity contribution is -0.180. The van der Waals surface area contributed by atoms with Crippen LogP contribution in [0.25, 0.3) is 0 Å². The zero-order valence-corrected chi connectivity index (χ0v) is 13.4. The average Bonchev–Trinajstić information content (AvgIpc) is 2.44. The Labute approximate surface area is 129 Å². The van der Waals surface area contributed by atoms with E-state index in [0.29, 0.717) is 11.3 Å². The van der Waals surface area contributed by atoms with Gasteiger partial charge < -0.3 is 14.2 Å². The van der Waals surface area contributed by atoms with E-state index in [2.05, 4.69) is 4.74 Å². The van der Waals surface area contributed by atoms with Crippen LogP contribution in [0.5, 0.6) is 5.75 Å². The summed E-state index contributed by atoms with van der Waals surface area (Å²) >= 11 is 0. The minimum absolute atomic E-state index is 0.365. The molecular formula is C16H21FO5. The highest BCUT2D eigenvalue weighted by atomic mass is 19.1. The van der Waals surface area contributed by atoms with E-state index in [0.717, 1.165) is 7.11 Å². The molecule has 0 aliphatic rings. The van der Waals surface area contributed by atoms with E-state index < -0.39 is 29.6 Å². The van der Waals surface area contributed by atoms with Crippen LogP contribution < -0.4 is 4.74 Å². The zero-order chi connectivity index (χ0) is 17.0. The molecule has 0 fully saturated rings. The lowest BCUT2D eigenvalue weighted by Crippen LogP contribution is -2.48. The number of carbonyl (C=O) groups excluding carboxylic acids is 2. The number of methoxy groups -OCH3 is 2. The van der Waals surface area contributed by atoms with E-state index in [4.69, 9.17) is 9.47 Å². The van der Waals surface area contributed by atoms with Gasteiger partial charge in [0.05, 0.1) is 14.2 Å². The molecule has 22 heavy (non-hydrogen) atoms. The number of ether oxygens (including phenoxy) is 3. The van der Waals surface area contributed by atoms with Crippen LogP contribution in [-0.2, 0) is 25.5 Å². The van der Waals surface area contributed by atoms with Gasteiger partial charge in [0.2, 0.25) is 0 Å². The van der Waals surface area contributed by atoms with Crippen molar-refractivity contribution in [1.82, 2.24) is 0 Å². The highest BCUT2D eigenvalue weighted by Gasteiger charge is 2.51. The van der Waals surface area contributed by atoms with Crippen molar-refractivity contribution in [2.24, 2.45) is 0 Å². The Morgan fingerprint density at radius 3 is 2.18 bits per heavy atom. The van der Waals surface area contributed by atoms with Gasteiger partial charge >= 0.3 is 17.6 Å². The number of esters is 2. The van der Waals surface area contributed by atoms with Gasteiger partial charge in [-0.3, -0.25) is 0 Å². The van der Waals surface area contributed by atoms with Crippen LogP contribution in [0, 0.1) is 0 Å². The SMILES string of the molecule is COC(=O)C(F)(Cc1ccccc1OC)C(=O)OC(C)(C)C. The first kappa shape index (κ1) is 17.9. The summed E-state index contributed by atoms with van der Waals surface area (Å²) in [7, 11) is 2.44. The Balaban J connectivity index is 3.17. The van der Waals surface area contributed by atoms with Crippen LogP contribution in [0.15, 0.2) is 24.3 Å². The molecule has 1 atom stereocenters. The number of halogens is 1. The summed E-state index contributed by atoms with van der Waals surface area (Å²) in [6.45, 7) is 4.77. The Morgan fingerprint density at radius 1 is 1.09 bits per heavy atom. The second-order valence-electron chi connectivity index (χ2n) is 5.78. The molecule has 1 aromatic rings. The van der Waals surface area contributed by atoms with Crippen molar-refractivity contribution >= 4 is 11.9 Å². The van der Waals surface area contributed by atoms with Crippen LogP contribution in [0.3, 0.4) is 0 Å². The standard InChI is InChI=1S/C16H21FO5/c1-15(2,3)22-14(19)16(17,13(18)21-5)10-11-8-6-7-9-12(11)20-4/h6-9H,10H2,1-5H3. The topological polar surface area (TPSA) is 61.8 Å². The van der Waals surface area contributed by atoms with Gasteiger partial charge in [-0.15, -0.1) is 0 Å². The molecule has 0 saturated heterocycles. The lowest BCUT2D eigenvalue weighted by Gasteiger charge is -2.27. The first-order valence-electron chi connectivity index (χ1n) is 6.76. The molecule has 1 unspecified atom stereocenters. The van der Waals surface area contributed by atoms with Crippen LogP contribution >= 0.6 is 0 Å². The van der Waals surface area contributed by atoms with E-state index in [1.165, 1.54) is 7.11 Å². The quantitative estimate of drug-likeness (QED) is 0.617. The number of carbonyl (C=O) groups is 2.